The third-order valence-corrected chi connectivity index (χ3v) is 7.07. The number of carbonyl (C=O) groups is 1. The van der Waals surface area contributed by atoms with Crippen LogP contribution in [0.5, 0.6) is 0 Å². The molecule has 0 unspecified atom stereocenters. The molecule has 1 saturated heterocycles. The van der Waals surface area contributed by atoms with Crippen LogP contribution < -0.4 is 10.2 Å². The van der Waals surface area contributed by atoms with E-state index in [-0.39, 0.29) is 12.5 Å². The second kappa shape index (κ2) is 10.6. The van der Waals surface area contributed by atoms with Crippen LogP contribution >= 0.6 is 22.6 Å². The summed E-state index contributed by atoms with van der Waals surface area (Å²) in [7, 11) is 0. The van der Waals surface area contributed by atoms with Crippen molar-refractivity contribution in [3.63, 3.8) is 0 Å². The summed E-state index contributed by atoms with van der Waals surface area (Å²) in [6.45, 7) is 9.91. The van der Waals surface area contributed by atoms with E-state index in [0.29, 0.717) is 54.5 Å². The average molecular weight is 631 g/mol. The lowest BCUT2D eigenvalue weighted by atomic mass is 10.1. The number of oxazole rings is 1. The van der Waals surface area contributed by atoms with Gasteiger partial charge in [-0.2, -0.15) is 13.2 Å². The molecule has 194 valence electrons. The fraction of sp³-hybridized carbons (Fsp3) is 0.222. The molecule has 0 bridgehead atoms. The number of benzene rings is 3. The van der Waals surface area contributed by atoms with Crippen LogP contribution in [-0.2, 0) is 11.0 Å². The Bertz CT molecular complexity index is 1500. The number of carbonyl (C=O) groups excluding carboxylic acids is 1. The SMILES string of the molecule is [C-]#[N+]c1cc(I)c2oc(-c3ccc(NC(=O)CN4CCN(c5ccc(C(F)(F)F)cc5)CC4)cc3)nc2c1. The number of aromatic nitrogens is 1. The van der Waals surface area contributed by atoms with Crippen LogP contribution in [0.25, 0.3) is 27.4 Å². The monoisotopic (exact) mass is 631 g/mol. The van der Waals surface area contributed by atoms with Crippen molar-refractivity contribution >= 4 is 56.7 Å². The molecule has 1 fully saturated rings. The third kappa shape index (κ3) is 5.76. The van der Waals surface area contributed by atoms with E-state index >= 15 is 0 Å². The van der Waals surface area contributed by atoms with Crippen molar-refractivity contribution in [2.75, 3.05) is 42.9 Å². The molecule has 0 spiro atoms. The molecular formula is C27H21F3IN5O2. The Hall–Kier alpha value is -3.63. The second-order valence-corrected chi connectivity index (χ2v) is 10.0. The summed E-state index contributed by atoms with van der Waals surface area (Å²) >= 11 is 2.12. The second-order valence-electron chi connectivity index (χ2n) is 8.84. The smallest absolute Gasteiger partial charge is 0.416 e. The number of hydrogen-bond acceptors (Lipinski definition) is 5. The quantitative estimate of drug-likeness (QED) is 0.203. The van der Waals surface area contributed by atoms with Gasteiger partial charge in [-0.25, -0.2) is 9.83 Å². The number of amides is 1. The first-order chi connectivity index (χ1) is 18.2. The summed E-state index contributed by atoms with van der Waals surface area (Å²) in [5, 5.41) is 2.90. The number of anilines is 2. The van der Waals surface area contributed by atoms with Crippen LogP contribution in [0.4, 0.5) is 30.2 Å². The maximum Gasteiger partial charge on any atom is 0.416 e. The predicted molar refractivity (Wildman–Crippen MR) is 147 cm³/mol. The summed E-state index contributed by atoms with van der Waals surface area (Å²) < 4.78 is 45.1. The van der Waals surface area contributed by atoms with Crippen molar-refractivity contribution in [2.45, 2.75) is 6.18 Å². The molecule has 7 nitrogen and oxygen atoms in total. The largest absolute Gasteiger partial charge is 0.435 e. The van der Waals surface area contributed by atoms with Crippen molar-refractivity contribution in [2.24, 2.45) is 0 Å². The summed E-state index contributed by atoms with van der Waals surface area (Å²) in [6.07, 6.45) is -4.35. The molecule has 0 saturated carbocycles. The highest BCUT2D eigenvalue weighted by Crippen LogP contribution is 2.32. The molecule has 11 heteroatoms. The number of fused-ring (bicyclic) bond motifs is 1. The lowest BCUT2D eigenvalue weighted by Gasteiger charge is -2.35. The van der Waals surface area contributed by atoms with Gasteiger partial charge >= 0.3 is 6.18 Å². The maximum atomic E-state index is 12.8. The Kier molecular flexibility index (Phi) is 7.27. The fourth-order valence-electron chi connectivity index (χ4n) is 4.29. The standard InChI is InChI=1S/C27H21F3IN5O2/c1-32-20-14-22(31)25-23(15-20)34-26(38-25)17-2-6-19(7-3-17)33-24(37)16-35-10-12-36(13-11-35)21-8-4-18(5-9-21)27(28,29)30/h2-9,14-15H,10-13,16H2,(H,33,37). The minimum atomic E-state index is -4.35. The van der Waals surface area contributed by atoms with Crippen molar-refractivity contribution in [3.8, 4) is 11.5 Å². The lowest BCUT2D eigenvalue weighted by Crippen LogP contribution is -2.48. The Morgan fingerprint density at radius 3 is 2.37 bits per heavy atom. The molecule has 0 aliphatic carbocycles. The van der Waals surface area contributed by atoms with E-state index in [2.05, 4.69) is 37.7 Å². The number of piperazine rings is 1. The first-order valence-corrected chi connectivity index (χ1v) is 12.8. The van der Waals surface area contributed by atoms with Gasteiger partial charge in [0.1, 0.15) is 5.52 Å². The Balaban J connectivity index is 1.14. The highest BCUT2D eigenvalue weighted by molar-refractivity contribution is 14.1. The van der Waals surface area contributed by atoms with E-state index in [4.69, 9.17) is 11.0 Å². The lowest BCUT2D eigenvalue weighted by molar-refractivity contribution is -0.137. The minimum absolute atomic E-state index is 0.149. The van der Waals surface area contributed by atoms with E-state index in [1.54, 1.807) is 24.3 Å². The van der Waals surface area contributed by atoms with Crippen LogP contribution in [0.15, 0.2) is 65.1 Å². The van der Waals surface area contributed by atoms with Gasteiger partial charge in [0.25, 0.3) is 0 Å². The molecule has 4 aromatic rings. The summed E-state index contributed by atoms with van der Waals surface area (Å²) in [4.78, 5) is 24.6. The molecule has 5 rings (SSSR count). The summed E-state index contributed by atoms with van der Waals surface area (Å²) in [5.74, 6) is 0.285. The molecule has 1 N–H and O–H groups in total. The Morgan fingerprint density at radius 2 is 1.74 bits per heavy atom. The topological polar surface area (TPSA) is 66.0 Å². The molecule has 3 aromatic carbocycles. The number of hydrogen-bond donors (Lipinski definition) is 1. The van der Waals surface area contributed by atoms with Crippen molar-refractivity contribution < 1.29 is 22.4 Å². The first-order valence-electron chi connectivity index (χ1n) is 11.7. The minimum Gasteiger partial charge on any atom is -0.435 e. The van der Waals surface area contributed by atoms with Gasteiger partial charge in [-0.3, -0.25) is 9.69 Å². The van der Waals surface area contributed by atoms with Crippen LogP contribution in [0, 0.1) is 10.1 Å². The number of alkyl halides is 3. The normalized spacial score (nSPS) is 14.4. The van der Waals surface area contributed by atoms with Crippen molar-refractivity contribution in [3.05, 3.63) is 81.2 Å². The van der Waals surface area contributed by atoms with Gasteiger partial charge in [0, 0.05) is 46.7 Å². The fourth-order valence-corrected chi connectivity index (χ4v) is 5.00. The third-order valence-electron chi connectivity index (χ3n) is 6.27. The zero-order valence-corrected chi connectivity index (χ0v) is 22.1. The number of rotatable bonds is 5. The average Bonchev–Trinajstić information content (AvgIpc) is 3.34. The highest BCUT2D eigenvalue weighted by Gasteiger charge is 2.30. The van der Waals surface area contributed by atoms with Crippen LogP contribution in [0.2, 0.25) is 0 Å². The molecule has 1 amide bonds. The molecule has 0 radical (unpaired) electrons. The molecule has 38 heavy (non-hydrogen) atoms. The molecule has 2 heterocycles. The van der Waals surface area contributed by atoms with E-state index in [9.17, 15) is 18.0 Å². The zero-order valence-electron chi connectivity index (χ0n) is 19.9. The van der Waals surface area contributed by atoms with Gasteiger partial charge in [-0.05, 0) is 83.3 Å². The first kappa shape index (κ1) is 26.0. The van der Waals surface area contributed by atoms with Crippen LogP contribution in [0.1, 0.15) is 5.56 Å². The Labute approximate surface area is 230 Å². The van der Waals surface area contributed by atoms with Crippen molar-refractivity contribution in [1.82, 2.24) is 9.88 Å². The predicted octanol–water partition coefficient (Wildman–Crippen LogP) is 6.43. The summed E-state index contributed by atoms with van der Waals surface area (Å²) in [6, 6.07) is 15.8. The van der Waals surface area contributed by atoms with Crippen LogP contribution in [-0.4, -0.2) is 48.5 Å². The zero-order chi connectivity index (χ0) is 26.9. The maximum absolute atomic E-state index is 12.8. The van der Waals surface area contributed by atoms with Gasteiger partial charge in [0.2, 0.25) is 11.8 Å². The van der Waals surface area contributed by atoms with Gasteiger partial charge in [-0.1, -0.05) is 0 Å². The number of nitrogens with zero attached hydrogens (tertiary/aromatic N) is 4. The molecule has 1 aliphatic heterocycles. The van der Waals surface area contributed by atoms with Crippen LogP contribution in [0.3, 0.4) is 0 Å². The molecular weight excluding hydrogens is 610 g/mol. The highest BCUT2D eigenvalue weighted by atomic mass is 127. The van der Waals surface area contributed by atoms with E-state index in [0.717, 1.165) is 27.0 Å². The van der Waals surface area contributed by atoms with Gasteiger partial charge in [-0.15, -0.1) is 0 Å². The molecule has 1 aliphatic rings. The van der Waals surface area contributed by atoms with E-state index in [1.165, 1.54) is 12.1 Å². The molecule has 1 aromatic heterocycles. The van der Waals surface area contributed by atoms with E-state index < -0.39 is 11.7 Å². The molecule has 0 atom stereocenters. The van der Waals surface area contributed by atoms with Gasteiger partial charge in [0.05, 0.1) is 18.7 Å². The summed E-state index contributed by atoms with van der Waals surface area (Å²) in [5.41, 5.74) is 3.21. The Morgan fingerprint density at radius 1 is 1.05 bits per heavy atom. The number of halogens is 4. The van der Waals surface area contributed by atoms with Gasteiger partial charge < -0.3 is 14.6 Å². The van der Waals surface area contributed by atoms with E-state index in [1.807, 2.05) is 21.9 Å². The van der Waals surface area contributed by atoms with Crippen molar-refractivity contribution in [1.29, 1.82) is 0 Å². The van der Waals surface area contributed by atoms with Gasteiger partial charge in [0.15, 0.2) is 11.3 Å². The number of nitrogens with one attached hydrogen (secondary N) is 1.